The molecule has 4 rings (SSSR count). The van der Waals surface area contributed by atoms with Crippen LogP contribution < -0.4 is 10.6 Å². The maximum absolute atomic E-state index is 13.8. The first kappa shape index (κ1) is 25.0. The molecule has 0 radical (unpaired) electrons. The van der Waals surface area contributed by atoms with Crippen molar-refractivity contribution in [3.05, 3.63) is 29.3 Å². The van der Waals surface area contributed by atoms with Crippen molar-refractivity contribution in [2.24, 2.45) is 11.8 Å². The fourth-order valence-electron chi connectivity index (χ4n) is 6.00. The van der Waals surface area contributed by atoms with Gasteiger partial charge in [0, 0.05) is 30.6 Å². The zero-order valence-electron chi connectivity index (χ0n) is 20.4. The van der Waals surface area contributed by atoms with Gasteiger partial charge in [0.2, 0.25) is 17.7 Å². The minimum atomic E-state index is -0.599. The van der Waals surface area contributed by atoms with Crippen molar-refractivity contribution < 1.29 is 19.5 Å². The van der Waals surface area contributed by atoms with Crippen molar-refractivity contribution in [2.45, 2.75) is 75.3 Å². The molecule has 34 heavy (non-hydrogen) atoms. The predicted molar refractivity (Wildman–Crippen MR) is 135 cm³/mol. The van der Waals surface area contributed by atoms with Gasteiger partial charge in [0.25, 0.3) is 0 Å². The Morgan fingerprint density at radius 1 is 1.21 bits per heavy atom. The van der Waals surface area contributed by atoms with Crippen LogP contribution in [0.5, 0.6) is 0 Å². The number of fused-ring (bicyclic) bond motifs is 1. The lowest BCUT2D eigenvalue weighted by Crippen LogP contribution is -2.52. The van der Waals surface area contributed by atoms with Crippen LogP contribution in [0.3, 0.4) is 0 Å². The number of benzene rings is 1. The molecule has 3 aliphatic heterocycles. The maximum atomic E-state index is 13.8. The standard InChI is InChI=1S/C26H37N3O4S/c1-4-12-27-23(31)20-19-10-11-26(34-19)21(20)25(33)29(13-6-5-7-14-30)22(26)24(32)28-18-15-16(2)8-9-17(18)3/h8-9,15,19-22,30H,4-7,10-14H2,1-3H3,(H,27,31)(H,28,32)/t19-,20+,21+,22?,26?/m1/s1. The Morgan fingerprint density at radius 2 is 2.00 bits per heavy atom. The van der Waals surface area contributed by atoms with Crippen LogP contribution in [0.15, 0.2) is 18.2 Å². The Morgan fingerprint density at radius 3 is 2.74 bits per heavy atom. The first-order chi connectivity index (χ1) is 16.3. The van der Waals surface area contributed by atoms with Gasteiger partial charge in [-0.1, -0.05) is 19.1 Å². The summed E-state index contributed by atoms with van der Waals surface area (Å²) in [7, 11) is 0. The molecule has 3 N–H and O–H groups in total. The monoisotopic (exact) mass is 487 g/mol. The van der Waals surface area contributed by atoms with E-state index in [1.165, 1.54) is 0 Å². The maximum Gasteiger partial charge on any atom is 0.248 e. The van der Waals surface area contributed by atoms with Crippen molar-refractivity contribution in [3.63, 3.8) is 0 Å². The van der Waals surface area contributed by atoms with E-state index in [4.69, 9.17) is 5.11 Å². The van der Waals surface area contributed by atoms with E-state index < -0.39 is 16.7 Å². The summed E-state index contributed by atoms with van der Waals surface area (Å²) in [5, 5.41) is 15.4. The molecule has 186 valence electrons. The molecule has 2 bridgehead atoms. The van der Waals surface area contributed by atoms with E-state index in [9.17, 15) is 14.4 Å². The first-order valence-corrected chi connectivity index (χ1v) is 13.5. The van der Waals surface area contributed by atoms with Gasteiger partial charge >= 0.3 is 0 Å². The number of likely N-dealkylation sites (tertiary alicyclic amines) is 1. The molecule has 3 aliphatic rings. The van der Waals surface area contributed by atoms with E-state index in [0.29, 0.717) is 19.5 Å². The lowest BCUT2D eigenvalue weighted by molar-refractivity contribution is -0.139. The Bertz CT molecular complexity index is 954. The fraction of sp³-hybridized carbons (Fsp3) is 0.654. The van der Waals surface area contributed by atoms with Gasteiger partial charge in [0.1, 0.15) is 6.04 Å². The third-order valence-corrected chi connectivity index (χ3v) is 9.56. The fourth-order valence-corrected chi connectivity index (χ4v) is 8.22. The molecule has 3 saturated heterocycles. The normalized spacial score (nSPS) is 29.4. The highest BCUT2D eigenvalue weighted by molar-refractivity contribution is 8.02. The smallest absolute Gasteiger partial charge is 0.248 e. The molecule has 1 spiro atoms. The Balaban J connectivity index is 1.64. The lowest BCUT2D eigenvalue weighted by atomic mass is 9.70. The number of amides is 3. The highest BCUT2D eigenvalue weighted by Gasteiger charge is 2.73. The van der Waals surface area contributed by atoms with E-state index in [1.807, 2.05) is 39.0 Å². The highest BCUT2D eigenvalue weighted by atomic mass is 32.2. The number of carbonyl (C=O) groups is 3. The molecule has 0 aliphatic carbocycles. The van der Waals surface area contributed by atoms with Crippen molar-refractivity contribution in [1.29, 1.82) is 0 Å². The molecule has 8 heteroatoms. The second-order valence-corrected chi connectivity index (χ2v) is 11.6. The van der Waals surface area contributed by atoms with Crippen molar-refractivity contribution in [1.82, 2.24) is 10.2 Å². The van der Waals surface area contributed by atoms with Crippen LogP contribution in [-0.2, 0) is 14.4 Å². The number of nitrogens with zero attached hydrogens (tertiary/aromatic N) is 1. The molecule has 7 nitrogen and oxygen atoms in total. The van der Waals surface area contributed by atoms with E-state index in [2.05, 4.69) is 10.6 Å². The summed E-state index contributed by atoms with van der Waals surface area (Å²) in [5.41, 5.74) is 2.81. The quantitative estimate of drug-likeness (QED) is 0.441. The van der Waals surface area contributed by atoms with Crippen LogP contribution in [0.2, 0.25) is 0 Å². The van der Waals surface area contributed by atoms with Gasteiger partial charge in [-0.2, -0.15) is 0 Å². The topological polar surface area (TPSA) is 98.7 Å². The highest BCUT2D eigenvalue weighted by Crippen LogP contribution is 2.66. The predicted octanol–water partition coefficient (Wildman–Crippen LogP) is 3.02. The van der Waals surface area contributed by atoms with Gasteiger partial charge in [-0.25, -0.2) is 0 Å². The number of thioether (sulfide) groups is 1. The number of aliphatic hydroxyl groups is 1. The van der Waals surface area contributed by atoms with Gasteiger partial charge in [-0.15, -0.1) is 11.8 Å². The number of hydrogen-bond donors (Lipinski definition) is 3. The number of unbranched alkanes of at least 4 members (excludes halogenated alkanes) is 2. The van der Waals surface area contributed by atoms with E-state index in [1.54, 1.807) is 16.7 Å². The number of rotatable bonds is 10. The zero-order valence-corrected chi connectivity index (χ0v) is 21.2. The molecular formula is C26H37N3O4S. The van der Waals surface area contributed by atoms with Crippen LogP contribution in [0.1, 0.15) is 56.6 Å². The average Bonchev–Trinajstić information content (AvgIpc) is 3.45. The van der Waals surface area contributed by atoms with Crippen LogP contribution in [0.25, 0.3) is 0 Å². The largest absolute Gasteiger partial charge is 0.396 e. The number of carbonyl (C=O) groups excluding carboxylic acids is 3. The third-order valence-electron chi connectivity index (χ3n) is 7.61. The number of anilines is 1. The minimum Gasteiger partial charge on any atom is -0.396 e. The second kappa shape index (κ2) is 10.3. The van der Waals surface area contributed by atoms with Crippen LogP contribution >= 0.6 is 11.8 Å². The van der Waals surface area contributed by atoms with Crippen LogP contribution in [0, 0.1) is 25.7 Å². The summed E-state index contributed by atoms with van der Waals surface area (Å²) in [6, 6.07) is 5.37. The van der Waals surface area contributed by atoms with Crippen LogP contribution in [-0.4, -0.2) is 63.5 Å². The molecule has 1 aromatic rings. The molecular weight excluding hydrogens is 450 g/mol. The Kier molecular flexibility index (Phi) is 7.57. The number of hydrogen-bond acceptors (Lipinski definition) is 5. The molecule has 1 aromatic carbocycles. The molecule has 0 aromatic heterocycles. The van der Waals surface area contributed by atoms with Gasteiger partial charge < -0.3 is 20.6 Å². The molecule has 5 atom stereocenters. The summed E-state index contributed by atoms with van der Waals surface area (Å²) < 4.78 is -0.561. The first-order valence-electron chi connectivity index (χ1n) is 12.6. The van der Waals surface area contributed by atoms with Gasteiger partial charge in [-0.05, 0) is 69.6 Å². The molecule has 3 fully saturated rings. The molecule has 3 heterocycles. The molecule has 0 saturated carbocycles. The van der Waals surface area contributed by atoms with Gasteiger partial charge in [0.05, 0.1) is 16.6 Å². The van der Waals surface area contributed by atoms with Crippen molar-refractivity contribution in [2.75, 3.05) is 25.0 Å². The number of aryl methyl sites for hydroxylation is 2. The molecule has 3 amide bonds. The Hall–Kier alpha value is -2.06. The third kappa shape index (κ3) is 4.35. The SMILES string of the molecule is CCCNC(=O)[C@@H]1[C@H]2C(=O)N(CCCCCO)C(C(=O)Nc3cc(C)ccc3C)C23CC[C@H]1S3. The summed E-state index contributed by atoms with van der Waals surface area (Å²) in [4.78, 5) is 42.5. The summed E-state index contributed by atoms with van der Waals surface area (Å²) in [5.74, 6) is -1.10. The summed E-state index contributed by atoms with van der Waals surface area (Å²) >= 11 is 1.70. The van der Waals surface area contributed by atoms with Gasteiger partial charge in [0.15, 0.2) is 0 Å². The number of nitrogens with one attached hydrogen (secondary N) is 2. The second-order valence-electron chi connectivity index (χ2n) is 9.97. The summed E-state index contributed by atoms with van der Waals surface area (Å²) in [6.07, 6.45) is 4.66. The van der Waals surface area contributed by atoms with Crippen molar-refractivity contribution in [3.8, 4) is 0 Å². The molecule has 2 unspecified atom stereocenters. The van der Waals surface area contributed by atoms with Crippen LogP contribution in [0.4, 0.5) is 5.69 Å². The van der Waals surface area contributed by atoms with E-state index >= 15 is 0 Å². The van der Waals surface area contributed by atoms with Gasteiger partial charge in [-0.3, -0.25) is 14.4 Å². The zero-order chi connectivity index (χ0) is 24.5. The lowest BCUT2D eigenvalue weighted by Gasteiger charge is -2.34. The van der Waals surface area contributed by atoms with Crippen molar-refractivity contribution >= 4 is 35.2 Å². The van der Waals surface area contributed by atoms with E-state index in [0.717, 1.165) is 48.9 Å². The number of aliphatic hydroxyl groups excluding tert-OH is 1. The van der Waals surface area contributed by atoms with E-state index in [-0.39, 0.29) is 35.5 Å². The summed E-state index contributed by atoms with van der Waals surface area (Å²) in [6.45, 7) is 7.16. The minimum absolute atomic E-state index is 0.0462. The Labute approximate surface area is 206 Å². The average molecular weight is 488 g/mol.